The zero-order valence-electron chi connectivity index (χ0n) is 13.0. The first kappa shape index (κ1) is 14.4. The fourth-order valence-electron chi connectivity index (χ4n) is 2.89. The standard InChI is InChI=1S/C19H21N3/c1-13-11-14(2)22(19(21)18(13)20)17-10-6-9-16(12-17)15-7-4-3-5-8-15/h3-12,19H,20-21H2,1-2H3. The third-order valence-electron chi connectivity index (χ3n) is 4.09. The number of hydrogen-bond donors (Lipinski definition) is 2. The summed E-state index contributed by atoms with van der Waals surface area (Å²) in [5.41, 5.74) is 18.7. The van der Waals surface area contributed by atoms with E-state index in [-0.39, 0.29) is 6.17 Å². The van der Waals surface area contributed by atoms with Gasteiger partial charge in [-0.15, -0.1) is 0 Å². The lowest BCUT2D eigenvalue weighted by Gasteiger charge is -2.36. The molecule has 0 spiro atoms. The van der Waals surface area contributed by atoms with Crippen molar-refractivity contribution in [2.75, 3.05) is 4.90 Å². The summed E-state index contributed by atoms with van der Waals surface area (Å²) in [7, 11) is 0. The quantitative estimate of drug-likeness (QED) is 0.889. The molecule has 22 heavy (non-hydrogen) atoms. The van der Waals surface area contributed by atoms with E-state index < -0.39 is 0 Å². The molecule has 0 bridgehead atoms. The van der Waals surface area contributed by atoms with Crippen molar-refractivity contribution in [1.82, 2.24) is 0 Å². The lowest BCUT2D eigenvalue weighted by molar-refractivity contribution is 0.715. The van der Waals surface area contributed by atoms with E-state index in [1.807, 2.05) is 25.1 Å². The molecule has 0 aliphatic carbocycles. The van der Waals surface area contributed by atoms with Gasteiger partial charge in [0, 0.05) is 17.1 Å². The molecule has 1 unspecified atom stereocenters. The zero-order chi connectivity index (χ0) is 15.7. The van der Waals surface area contributed by atoms with Gasteiger partial charge < -0.3 is 16.4 Å². The fraction of sp³-hybridized carbons (Fsp3) is 0.158. The first-order valence-corrected chi connectivity index (χ1v) is 7.43. The SMILES string of the molecule is CC1=CC(C)=C(N)C(N)N1c1cccc(-c2ccccc2)c1. The fourth-order valence-corrected chi connectivity index (χ4v) is 2.89. The normalized spacial score (nSPS) is 18.4. The molecule has 1 aliphatic heterocycles. The van der Waals surface area contributed by atoms with Crippen molar-refractivity contribution in [1.29, 1.82) is 0 Å². The lowest BCUT2D eigenvalue weighted by atomic mass is 10.0. The number of allylic oxidation sites excluding steroid dienone is 3. The minimum Gasteiger partial charge on any atom is -0.399 e. The molecule has 0 radical (unpaired) electrons. The molecule has 0 saturated carbocycles. The molecule has 1 aliphatic rings. The highest BCUT2D eigenvalue weighted by Crippen LogP contribution is 2.31. The Balaban J connectivity index is 2.02. The molecule has 2 aromatic rings. The van der Waals surface area contributed by atoms with Crippen LogP contribution in [-0.2, 0) is 0 Å². The first-order valence-electron chi connectivity index (χ1n) is 7.43. The lowest BCUT2D eigenvalue weighted by Crippen LogP contribution is -2.47. The average molecular weight is 291 g/mol. The van der Waals surface area contributed by atoms with E-state index in [2.05, 4.69) is 54.3 Å². The van der Waals surface area contributed by atoms with Gasteiger partial charge in [-0.3, -0.25) is 0 Å². The van der Waals surface area contributed by atoms with Crippen molar-refractivity contribution >= 4 is 5.69 Å². The van der Waals surface area contributed by atoms with Crippen molar-refractivity contribution in [2.45, 2.75) is 20.0 Å². The predicted molar refractivity (Wildman–Crippen MR) is 93.0 cm³/mol. The van der Waals surface area contributed by atoms with Gasteiger partial charge in [-0.2, -0.15) is 0 Å². The summed E-state index contributed by atoms with van der Waals surface area (Å²) in [5, 5.41) is 0. The van der Waals surface area contributed by atoms with E-state index in [0.29, 0.717) is 0 Å². The van der Waals surface area contributed by atoms with Crippen LogP contribution in [-0.4, -0.2) is 6.17 Å². The van der Waals surface area contributed by atoms with Crippen LogP contribution in [0.25, 0.3) is 11.1 Å². The first-order chi connectivity index (χ1) is 10.6. The van der Waals surface area contributed by atoms with E-state index in [1.165, 1.54) is 11.1 Å². The largest absolute Gasteiger partial charge is 0.399 e. The molecular formula is C19H21N3. The number of hydrogen-bond acceptors (Lipinski definition) is 3. The highest BCUT2D eigenvalue weighted by molar-refractivity contribution is 5.70. The van der Waals surface area contributed by atoms with Crippen LogP contribution in [0.4, 0.5) is 5.69 Å². The second-order valence-electron chi connectivity index (χ2n) is 5.66. The van der Waals surface area contributed by atoms with E-state index in [0.717, 1.165) is 22.7 Å². The number of benzene rings is 2. The highest BCUT2D eigenvalue weighted by Gasteiger charge is 2.24. The molecule has 3 rings (SSSR count). The molecule has 112 valence electrons. The van der Waals surface area contributed by atoms with Gasteiger partial charge in [-0.1, -0.05) is 42.5 Å². The monoisotopic (exact) mass is 291 g/mol. The molecule has 3 heteroatoms. The predicted octanol–water partition coefficient (Wildman–Crippen LogP) is 3.59. The summed E-state index contributed by atoms with van der Waals surface area (Å²) in [6.07, 6.45) is 1.75. The summed E-state index contributed by atoms with van der Waals surface area (Å²) in [4.78, 5) is 2.08. The van der Waals surface area contributed by atoms with Crippen LogP contribution < -0.4 is 16.4 Å². The van der Waals surface area contributed by atoms with E-state index in [9.17, 15) is 0 Å². The number of anilines is 1. The number of nitrogens with zero attached hydrogens (tertiary/aromatic N) is 1. The molecule has 1 atom stereocenters. The molecule has 1 heterocycles. The topological polar surface area (TPSA) is 55.3 Å². The van der Waals surface area contributed by atoms with Crippen molar-refractivity contribution < 1.29 is 0 Å². The molecule has 0 saturated heterocycles. The second-order valence-corrected chi connectivity index (χ2v) is 5.66. The van der Waals surface area contributed by atoms with Crippen LogP contribution in [0.2, 0.25) is 0 Å². The molecule has 2 aromatic carbocycles. The smallest absolute Gasteiger partial charge is 0.122 e. The zero-order valence-corrected chi connectivity index (χ0v) is 13.0. The summed E-state index contributed by atoms with van der Waals surface area (Å²) in [6.45, 7) is 4.06. The average Bonchev–Trinajstić information content (AvgIpc) is 2.54. The van der Waals surface area contributed by atoms with Gasteiger partial charge in [-0.05, 0) is 48.8 Å². The summed E-state index contributed by atoms with van der Waals surface area (Å²) < 4.78 is 0. The van der Waals surface area contributed by atoms with Crippen LogP contribution in [0.1, 0.15) is 13.8 Å². The van der Waals surface area contributed by atoms with Crippen LogP contribution in [0.5, 0.6) is 0 Å². The Morgan fingerprint density at radius 2 is 1.59 bits per heavy atom. The maximum Gasteiger partial charge on any atom is 0.122 e. The summed E-state index contributed by atoms with van der Waals surface area (Å²) in [6, 6.07) is 18.7. The molecule has 0 fully saturated rings. The minimum atomic E-state index is -0.323. The Hall–Kier alpha value is -2.52. The van der Waals surface area contributed by atoms with Gasteiger partial charge in [0.25, 0.3) is 0 Å². The third kappa shape index (κ3) is 2.51. The van der Waals surface area contributed by atoms with E-state index in [4.69, 9.17) is 11.5 Å². The van der Waals surface area contributed by atoms with Crippen LogP contribution in [0.3, 0.4) is 0 Å². The van der Waals surface area contributed by atoms with Crippen LogP contribution in [0, 0.1) is 0 Å². The van der Waals surface area contributed by atoms with Crippen molar-refractivity contribution in [2.24, 2.45) is 11.5 Å². The highest BCUT2D eigenvalue weighted by atomic mass is 15.2. The van der Waals surface area contributed by atoms with Crippen LogP contribution in [0.15, 0.2) is 77.6 Å². The molecule has 4 N–H and O–H groups in total. The van der Waals surface area contributed by atoms with E-state index >= 15 is 0 Å². The maximum atomic E-state index is 6.33. The molecule has 0 aromatic heterocycles. The van der Waals surface area contributed by atoms with Gasteiger partial charge in [-0.25, -0.2) is 0 Å². The Labute approximate surface area is 131 Å². The van der Waals surface area contributed by atoms with Gasteiger partial charge in [0.1, 0.15) is 6.17 Å². The summed E-state index contributed by atoms with van der Waals surface area (Å²) >= 11 is 0. The van der Waals surface area contributed by atoms with Gasteiger partial charge >= 0.3 is 0 Å². The Bertz CT molecular complexity index is 744. The maximum absolute atomic E-state index is 6.33. The van der Waals surface area contributed by atoms with Crippen molar-refractivity contribution in [3.05, 3.63) is 77.6 Å². The van der Waals surface area contributed by atoms with Gasteiger partial charge in [0.15, 0.2) is 0 Å². The number of rotatable bonds is 2. The van der Waals surface area contributed by atoms with Gasteiger partial charge in [0.05, 0.1) is 0 Å². The summed E-state index contributed by atoms with van der Waals surface area (Å²) in [5.74, 6) is 0. The van der Waals surface area contributed by atoms with Crippen molar-refractivity contribution in [3.8, 4) is 11.1 Å². The molecule has 3 nitrogen and oxygen atoms in total. The van der Waals surface area contributed by atoms with Gasteiger partial charge in [0.2, 0.25) is 0 Å². The Kier molecular flexibility index (Phi) is 3.73. The minimum absolute atomic E-state index is 0.323. The second kappa shape index (κ2) is 5.70. The number of nitrogens with two attached hydrogens (primary N) is 2. The Morgan fingerprint density at radius 1 is 0.909 bits per heavy atom. The molecular weight excluding hydrogens is 270 g/mol. The van der Waals surface area contributed by atoms with E-state index in [1.54, 1.807) is 0 Å². The van der Waals surface area contributed by atoms with Crippen molar-refractivity contribution in [3.63, 3.8) is 0 Å². The van der Waals surface area contributed by atoms with Crippen LogP contribution >= 0.6 is 0 Å². The third-order valence-corrected chi connectivity index (χ3v) is 4.09. The Morgan fingerprint density at radius 3 is 2.32 bits per heavy atom. The molecule has 0 amide bonds.